The molecule has 0 saturated carbocycles. The van der Waals surface area contributed by atoms with Gasteiger partial charge in [0.05, 0.1) is 26.2 Å². The lowest BCUT2D eigenvalue weighted by molar-refractivity contribution is -0.385. The summed E-state index contributed by atoms with van der Waals surface area (Å²) in [5.74, 6) is -0.552. The smallest absolute Gasteiger partial charge is 0.416 e. The predicted molar refractivity (Wildman–Crippen MR) is 118 cm³/mol. The third-order valence-electron chi connectivity index (χ3n) is 4.43. The van der Waals surface area contributed by atoms with Crippen molar-refractivity contribution in [3.05, 3.63) is 90.9 Å². The van der Waals surface area contributed by atoms with E-state index in [2.05, 4.69) is 4.99 Å². The lowest BCUT2D eigenvalue weighted by Crippen LogP contribution is -2.06. The summed E-state index contributed by atoms with van der Waals surface area (Å²) in [6.07, 6.45) is -3.20. The zero-order valence-electron chi connectivity index (χ0n) is 16.7. The van der Waals surface area contributed by atoms with Crippen molar-refractivity contribution in [1.29, 1.82) is 0 Å². The van der Waals surface area contributed by atoms with Crippen LogP contribution in [0.3, 0.4) is 0 Å². The van der Waals surface area contributed by atoms with Crippen LogP contribution in [0.15, 0.2) is 53.5 Å². The molecule has 0 fully saturated rings. The van der Waals surface area contributed by atoms with E-state index in [1.807, 2.05) is 32.0 Å². The molecule has 0 aromatic heterocycles. The minimum Gasteiger partial charge on any atom is -0.447 e. The van der Waals surface area contributed by atoms with E-state index in [0.717, 1.165) is 22.9 Å². The highest BCUT2D eigenvalue weighted by Crippen LogP contribution is 2.42. The third-order valence-corrected chi connectivity index (χ3v) is 4.99. The van der Waals surface area contributed by atoms with Crippen LogP contribution in [0.5, 0.6) is 11.5 Å². The fourth-order valence-electron chi connectivity index (χ4n) is 2.79. The first-order chi connectivity index (χ1) is 15.0. The van der Waals surface area contributed by atoms with Crippen molar-refractivity contribution in [2.24, 2.45) is 4.99 Å². The Morgan fingerprint density at radius 1 is 1.03 bits per heavy atom. The topological polar surface area (TPSA) is 64.7 Å². The summed E-state index contributed by atoms with van der Waals surface area (Å²) in [5.41, 5.74) is 1.27. The number of hydrogen-bond acceptors (Lipinski definition) is 4. The number of hydrogen-bond donors (Lipinski definition) is 0. The zero-order chi connectivity index (χ0) is 23.6. The second-order valence-corrected chi connectivity index (χ2v) is 7.72. The van der Waals surface area contributed by atoms with Gasteiger partial charge in [0.2, 0.25) is 5.75 Å². The Labute approximate surface area is 191 Å². The average Bonchev–Trinajstić information content (AvgIpc) is 2.70. The molecule has 0 aliphatic rings. The number of nitrogens with zero attached hydrogens (tertiary/aromatic N) is 2. The van der Waals surface area contributed by atoms with E-state index in [4.69, 9.17) is 27.9 Å². The van der Waals surface area contributed by atoms with Crippen LogP contribution in [-0.2, 0) is 6.18 Å². The fourth-order valence-corrected chi connectivity index (χ4v) is 3.37. The molecule has 0 atom stereocenters. The van der Waals surface area contributed by atoms with Gasteiger partial charge in [-0.05, 0) is 60.9 Å². The highest BCUT2D eigenvalue weighted by atomic mass is 35.5. The number of halogens is 5. The van der Waals surface area contributed by atoms with Crippen molar-refractivity contribution >= 4 is 40.8 Å². The predicted octanol–water partition coefficient (Wildman–Crippen LogP) is 8.08. The molecule has 3 aromatic rings. The summed E-state index contributed by atoms with van der Waals surface area (Å²) in [7, 11) is 0. The van der Waals surface area contributed by atoms with Gasteiger partial charge in [-0.3, -0.25) is 15.1 Å². The van der Waals surface area contributed by atoms with Crippen molar-refractivity contribution < 1.29 is 22.8 Å². The van der Waals surface area contributed by atoms with E-state index in [1.165, 1.54) is 12.1 Å². The minimum absolute atomic E-state index is 0.00844. The van der Waals surface area contributed by atoms with Gasteiger partial charge in [-0.25, -0.2) is 0 Å². The van der Waals surface area contributed by atoms with Crippen LogP contribution < -0.4 is 4.74 Å². The fraction of sp³-hybridized carbons (Fsp3) is 0.136. The Bertz CT molecular complexity index is 1200. The summed E-state index contributed by atoms with van der Waals surface area (Å²) in [6, 6.07) is 10.7. The molecule has 32 heavy (non-hydrogen) atoms. The first kappa shape index (κ1) is 23.6. The highest BCUT2D eigenvalue weighted by molar-refractivity contribution is 6.37. The number of alkyl halides is 3. The first-order valence-corrected chi connectivity index (χ1v) is 9.85. The van der Waals surface area contributed by atoms with Gasteiger partial charge < -0.3 is 4.74 Å². The number of rotatable bonds is 5. The summed E-state index contributed by atoms with van der Waals surface area (Å²) in [4.78, 5) is 14.7. The molecule has 0 bridgehead atoms. The molecule has 0 radical (unpaired) electrons. The Morgan fingerprint density at radius 2 is 1.69 bits per heavy atom. The van der Waals surface area contributed by atoms with E-state index >= 15 is 0 Å². The Kier molecular flexibility index (Phi) is 6.76. The molecule has 0 aliphatic heterocycles. The van der Waals surface area contributed by atoms with E-state index < -0.39 is 28.1 Å². The first-order valence-electron chi connectivity index (χ1n) is 9.09. The molecule has 0 spiro atoms. The average molecular weight is 483 g/mol. The van der Waals surface area contributed by atoms with Crippen LogP contribution in [0, 0.1) is 24.0 Å². The SMILES string of the molecule is Cc1ccc(C)c(N=Cc2cc(Cl)c(Oc3ccc(C(F)(F)F)cc3[N+](=O)[O-])c(Cl)c2)c1. The van der Waals surface area contributed by atoms with Gasteiger partial charge in [0.1, 0.15) is 0 Å². The maximum absolute atomic E-state index is 12.9. The number of benzene rings is 3. The summed E-state index contributed by atoms with van der Waals surface area (Å²) in [6.45, 7) is 3.86. The molecular formula is C22H15Cl2F3N2O3. The van der Waals surface area contributed by atoms with E-state index in [-0.39, 0.29) is 15.8 Å². The van der Waals surface area contributed by atoms with Crippen LogP contribution in [-0.4, -0.2) is 11.1 Å². The second kappa shape index (κ2) is 9.18. The Balaban J connectivity index is 1.93. The molecule has 0 amide bonds. The number of nitro groups is 1. The molecule has 0 unspecified atom stereocenters. The van der Waals surface area contributed by atoms with Crippen molar-refractivity contribution in [3.63, 3.8) is 0 Å². The Morgan fingerprint density at radius 3 is 2.28 bits per heavy atom. The van der Waals surface area contributed by atoms with Crippen LogP contribution in [0.2, 0.25) is 10.0 Å². The van der Waals surface area contributed by atoms with Crippen LogP contribution in [0.4, 0.5) is 24.5 Å². The third kappa shape index (κ3) is 5.38. The largest absolute Gasteiger partial charge is 0.447 e. The number of aryl methyl sites for hydroxylation is 2. The van der Waals surface area contributed by atoms with Gasteiger partial charge >= 0.3 is 11.9 Å². The van der Waals surface area contributed by atoms with Gasteiger partial charge in [0, 0.05) is 12.3 Å². The lowest BCUT2D eigenvalue weighted by atomic mass is 10.1. The summed E-state index contributed by atoms with van der Waals surface area (Å²) >= 11 is 12.5. The number of nitro benzene ring substituents is 1. The molecule has 0 saturated heterocycles. The van der Waals surface area contributed by atoms with Crippen molar-refractivity contribution in [2.75, 3.05) is 0 Å². The lowest BCUT2D eigenvalue weighted by Gasteiger charge is -2.12. The van der Waals surface area contributed by atoms with E-state index in [1.54, 1.807) is 6.21 Å². The summed E-state index contributed by atoms with van der Waals surface area (Å²) in [5, 5.41) is 11.3. The monoisotopic (exact) mass is 482 g/mol. The highest BCUT2D eigenvalue weighted by Gasteiger charge is 2.33. The van der Waals surface area contributed by atoms with E-state index in [9.17, 15) is 23.3 Å². The molecule has 10 heteroatoms. The molecule has 5 nitrogen and oxygen atoms in total. The van der Waals surface area contributed by atoms with Crippen molar-refractivity contribution in [2.45, 2.75) is 20.0 Å². The van der Waals surface area contributed by atoms with Gasteiger partial charge in [-0.1, -0.05) is 35.3 Å². The maximum Gasteiger partial charge on any atom is 0.416 e. The van der Waals surface area contributed by atoms with Gasteiger partial charge in [0.25, 0.3) is 0 Å². The Hall–Kier alpha value is -3.10. The second-order valence-electron chi connectivity index (χ2n) is 6.90. The van der Waals surface area contributed by atoms with E-state index in [0.29, 0.717) is 17.7 Å². The summed E-state index contributed by atoms with van der Waals surface area (Å²) < 4.78 is 44.1. The molecular weight excluding hydrogens is 468 g/mol. The quantitative estimate of drug-likeness (QED) is 0.209. The molecule has 166 valence electrons. The van der Waals surface area contributed by atoms with Gasteiger partial charge in [-0.15, -0.1) is 0 Å². The normalized spacial score (nSPS) is 11.7. The maximum atomic E-state index is 12.9. The minimum atomic E-state index is -4.74. The van der Waals surface area contributed by atoms with Crippen molar-refractivity contribution in [3.8, 4) is 11.5 Å². The van der Waals surface area contributed by atoms with Crippen LogP contribution in [0.25, 0.3) is 0 Å². The van der Waals surface area contributed by atoms with Crippen molar-refractivity contribution in [1.82, 2.24) is 0 Å². The van der Waals surface area contributed by atoms with Gasteiger partial charge in [0.15, 0.2) is 5.75 Å². The number of aliphatic imine (C=N–C) groups is 1. The van der Waals surface area contributed by atoms with Gasteiger partial charge in [-0.2, -0.15) is 13.2 Å². The zero-order valence-corrected chi connectivity index (χ0v) is 18.2. The number of ether oxygens (including phenoxy) is 1. The van der Waals surface area contributed by atoms with Crippen LogP contribution in [0.1, 0.15) is 22.3 Å². The molecule has 0 heterocycles. The molecule has 3 aromatic carbocycles. The van der Waals surface area contributed by atoms with Crippen LogP contribution >= 0.6 is 23.2 Å². The molecule has 0 N–H and O–H groups in total. The molecule has 0 aliphatic carbocycles. The molecule has 3 rings (SSSR count). The standard InChI is InChI=1S/C22H15Cl2F3N2O3/c1-12-3-4-13(2)18(7-12)28-11-14-8-16(23)21(17(24)9-14)32-20-6-5-15(22(25,26)27)10-19(20)29(30)31/h3-11H,1-2H3.